The number of rotatable bonds is 7. The lowest BCUT2D eigenvalue weighted by Crippen LogP contribution is -2.63. The van der Waals surface area contributed by atoms with E-state index in [1.807, 2.05) is 7.11 Å². The van der Waals surface area contributed by atoms with Gasteiger partial charge in [-0.2, -0.15) is 0 Å². The second-order valence-corrected chi connectivity index (χ2v) is 7.45. The van der Waals surface area contributed by atoms with Gasteiger partial charge in [0, 0.05) is 31.7 Å². The minimum Gasteiger partial charge on any atom is -0.377 e. The molecular weight excluding hydrogens is 238 g/mol. The Labute approximate surface area is 118 Å². The van der Waals surface area contributed by atoms with Gasteiger partial charge in [0.05, 0.1) is 11.7 Å². The van der Waals surface area contributed by atoms with Crippen molar-refractivity contribution in [2.24, 2.45) is 11.3 Å². The molecule has 3 nitrogen and oxygen atoms in total. The molecule has 2 aliphatic carbocycles. The Kier molecular flexibility index (Phi) is 4.59. The molecule has 1 N–H and O–H groups in total. The van der Waals surface area contributed by atoms with Crippen LogP contribution in [-0.2, 0) is 9.47 Å². The summed E-state index contributed by atoms with van der Waals surface area (Å²) in [5.74, 6) is 0.620. The van der Waals surface area contributed by atoms with Crippen molar-refractivity contribution in [1.29, 1.82) is 0 Å². The van der Waals surface area contributed by atoms with Crippen molar-refractivity contribution in [3.63, 3.8) is 0 Å². The quantitative estimate of drug-likeness (QED) is 0.771. The SMILES string of the molecule is COC1(CNC2CC(OCC(C)C)C2(C)C)CCC1. The zero-order valence-electron chi connectivity index (χ0n) is 13.3. The van der Waals surface area contributed by atoms with Crippen molar-refractivity contribution < 1.29 is 9.47 Å². The summed E-state index contributed by atoms with van der Waals surface area (Å²) in [6.45, 7) is 10.9. The van der Waals surface area contributed by atoms with Gasteiger partial charge in [-0.15, -0.1) is 0 Å². The minimum absolute atomic E-state index is 0.125. The second-order valence-electron chi connectivity index (χ2n) is 7.45. The molecule has 19 heavy (non-hydrogen) atoms. The highest BCUT2D eigenvalue weighted by Crippen LogP contribution is 2.44. The molecule has 0 aromatic heterocycles. The van der Waals surface area contributed by atoms with Crippen molar-refractivity contribution >= 4 is 0 Å². The van der Waals surface area contributed by atoms with Crippen LogP contribution in [0.2, 0.25) is 0 Å². The molecule has 0 heterocycles. The minimum atomic E-state index is 0.125. The molecule has 0 aliphatic heterocycles. The van der Waals surface area contributed by atoms with Gasteiger partial charge in [-0.05, 0) is 31.6 Å². The molecule has 0 amide bonds. The average molecular weight is 269 g/mol. The van der Waals surface area contributed by atoms with Crippen LogP contribution in [0.4, 0.5) is 0 Å². The predicted molar refractivity (Wildman–Crippen MR) is 78.4 cm³/mol. The fourth-order valence-electron chi connectivity index (χ4n) is 3.16. The third kappa shape index (κ3) is 3.14. The fourth-order valence-corrected chi connectivity index (χ4v) is 3.16. The number of methoxy groups -OCH3 is 1. The molecule has 2 fully saturated rings. The van der Waals surface area contributed by atoms with Gasteiger partial charge >= 0.3 is 0 Å². The monoisotopic (exact) mass is 269 g/mol. The van der Waals surface area contributed by atoms with E-state index < -0.39 is 0 Å². The number of nitrogens with one attached hydrogen (secondary N) is 1. The number of ether oxygens (including phenoxy) is 2. The maximum absolute atomic E-state index is 6.01. The van der Waals surface area contributed by atoms with E-state index in [1.165, 1.54) is 19.3 Å². The first-order chi connectivity index (χ1) is 8.89. The molecule has 0 aromatic rings. The third-order valence-corrected chi connectivity index (χ3v) is 5.18. The summed E-state index contributed by atoms with van der Waals surface area (Å²) in [5.41, 5.74) is 0.369. The molecule has 2 rings (SSSR count). The lowest BCUT2D eigenvalue weighted by atomic mass is 9.64. The Morgan fingerprint density at radius 2 is 1.95 bits per heavy atom. The Balaban J connectivity index is 1.74. The topological polar surface area (TPSA) is 30.5 Å². The summed E-state index contributed by atoms with van der Waals surface area (Å²) < 4.78 is 11.7. The second kappa shape index (κ2) is 5.71. The molecule has 0 saturated heterocycles. The predicted octanol–water partition coefficient (Wildman–Crippen LogP) is 2.98. The van der Waals surface area contributed by atoms with E-state index in [0.717, 1.165) is 19.6 Å². The highest BCUT2D eigenvalue weighted by Gasteiger charge is 2.50. The van der Waals surface area contributed by atoms with Crippen LogP contribution in [-0.4, -0.2) is 38.0 Å². The first kappa shape index (κ1) is 15.3. The van der Waals surface area contributed by atoms with E-state index >= 15 is 0 Å². The van der Waals surface area contributed by atoms with Crippen LogP contribution in [0.5, 0.6) is 0 Å². The summed E-state index contributed by atoms with van der Waals surface area (Å²) in [5, 5.41) is 3.72. The van der Waals surface area contributed by atoms with E-state index in [4.69, 9.17) is 9.47 Å². The smallest absolute Gasteiger partial charge is 0.0802 e. The van der Waals surface area contributed by atoms with Crippen molar-refractivity contribution in [3.8, 4) is 0 Å². The van der Waals surface area contributed by atoms with Crippen molar-refractivity contribution in [3.05, 3.63) is 0 Å². The molecule has 2 unspecified atom stereocenters. The maximum Gasteiger partial charge on any atom is 0.0802 e. The summed E-state index contributed by atoms with van der Waals surface area (Å²) >= 11 is 0. The van der Waals surface area contributed by atoms with Crippen LogP contribution in [0.25, 0.3) is 0 Å². The molecule has 2 saturated carbocycles. The van der Waals surface area contributed by atoms with Gasteiger partial charge in [0.15, 0.2) is 0 Å². The van der Waals surface area contributed by atoms with Crippen molar-refractivity contribution in [2.45, 2.75) is 71.1 Å². The van der Waals surface area contributed by atoms with Crippen LogP contribution in [0.3, 0.4) is 0 Å². The molecule has 112 valence electrons. The van der Waals surface area contributed by atoms with Crippen molar-refractivity contribution in [2.75, 3.05) is 20.3 Å². The normalized spacial score (nSPS) is 31.9. The van der Waals surface area contributed by atoms with E-state index in [1.54, 1.807) is 0 Å². The van der Waals surface area contributed by atoms with Gasteiger partial charge in [0.25, 0.3) is 0 Å². The van der Waals surface area contributed by atoms with E-state index in [9.17, 15) is 0 Å². The molecule has 2 atom stereocenters. The summed E-state index contributed by atoms with van der Waals surface area (Å²) in [4.78, 5) is 0. The lowest BCUT2D eigenvalue weighted by molar-refractivity contribution is -0.133. The molecule has 0 aromatic carbocycles. The maximum atomic E-state index is 6.01. The van der Waals surface area contributed by atoms with Crippen LogP contribution in [0.1, 0.15) is 53.4 Å². The highest BCUT2D eigenvalue weighted by molar-refractivity contribution is 5.04. The fraction of sp³-hybridized carbons (Fsp3) is 1.00. The van der Waals surface area contributed by atoms with Gasteiger partial charge in [-0.3, -0.25) is 0 Å². The standard InChI is InChI=1S/C16H31NO2/c1-12(2)10-19-14-9-13(15(14,3)4)17-11-16(18-5)7-6-8-16/h12-14,17H,6-11H2,1-5H3. The van der Waals surface area contributed by atoms with Gasteiger partial charge in [0.1, 0.15) is 0 Å². The highest BCUT2D eigenvalue weighted by atomic mass is 16.5. The molecule has 3 heteroatoms. The zero-order chi connectivity index (χ0) is 14.1. The van der Waals surface area contributed by atoms with Gasteiger partial charge in [-0.1, -0.05) is 27.7 Å². The molecule has 0 radical (unpaired) electrons. The Morgan fingerprint density at radius 3 is 2.37 bits per heavy atom. The van der Waals surface area contributed by atoms with Crippen LogP contribution >= 0.6 is 0 Å². The molecular formula is C16H31NO2. The van der Waals surface area contributed by atoms with Crippen molar-refractivity contribution in [1.82, 2.24) is 5.32 Å². The van der Waals surface area contributed by atoms with Gasteiger partial charge in [-0.25, -0.2) is 0 Å². The first-order valence-electron chi connectivity index (χ1n) is 7.80. The van der Waals surface area contributed by atoms with Crippen LogP contribution < -0.4 is 5.32 Å². The van der Waals surface area contributed by atoms with Gasteiger partial charge in [0.2, 0.25) is 0 Å². The van der Waals surface area contributed by atoms with Gasteiger partial charge < -0.3 is 14.8 Å². The largest absolute Gasteiger partial charge is 0.377 e. The summed E-state index contributed by atoms with van der Waals surface area (Å²) in [7, 11) is 1.85. The lowest BCUT2D eigenvalue weighted by Gasteiger charge is -2.53. The zero-order valence-corrected chi connectivity index (χ0v) is 13.3. The van der Waals surface area contributed by atoms with Crippen LogP contribution in [0.15, 0.2) is 0 Å². The number of hydrogen-bond acceptors (Lipinski definition) is 3. The molecule has 0 spiro atoms. The van der Waals surface area contributed by atoms with E-state index in [-0.39, 0.29) is 11.0 Å². The molecule has 0 bridgehead atoms. The van der Waals surface area contributed by atoms with Crippen LogP contribution in [0, 0.1) is 11.3 Å². The number of hydrogen-bond donors (Lipinski definition) is 1. The Bertz CT molecular complexity index is 292. The first-order valence-corrected chi connectivity index (χ1v) is 7.80. The van der Waals surface area contributed by atoms with E-state index in [0.29, 0.717) is 18.1 Å². The van der Waals surface area contributed by atoms with E-state index in [2.05, 4.69) is 33.0 Å². The average Bonchev–Trinajstić information content (AvgIpc) is 2.29. The Morgan fingerprint density at radius 1 is 1.26 bits per heavy atom. The summed E-state index contributed by atoms with van der Waals surface area (Å²) in [6.07, 6.45) is 5.27. The third-order valence-electron chi connectivity index (χ3n) is 5.18. The molecule has 2 aliphatic rings. The summed E-state index contributed by atoms with van der Waals surface area (Å²) in [6, 6.07) is 0.567. The Hall–Kier alpha value is -0.120.